The smallest absolute Gasteiger partial charge is 0.295 e. The topological polar surface area (TPSA) is 79.3 Å². The fourth-order valence-corrected chi connectivity index (χ4v) is 4.20. The van der Waals surface area contributed by atoms with Gasteiger partial charge in [0.05, 0.1) is 18.7 Å². The van der Waals surface area contributed by atoms with Crippen LogP contribution in [0.3, 0.4) is 0 Å². The molecule has 7 heteroatoms. The number of carbonyl (C=O) groups is 2. The summed E-state index contributed by atoms with van der Waals surface area (Å²) in [6.07, 6.45) is 0.580. The maximum atomic E-state index is 13.2. The van der Waals surface area contributed by atoms with E-state index >= 15 is 0 Å². The number of aliphatic hydroxyl groups excluding tert-OH is 1. The molecule has 1 N–H and O–H groups in total. The molecule has 7 nitrogen and oxygen atoms in total. The van der Waals surface area contributed by atoms with Gasteiger partial charge in [-0.1, -0.05) is 12.1 Å². The van der Waals surface area contributed by atoms with Gasteiger partial charge in [-0.25, -0.2) is 0 Å². The van der Waals surface area contributed by atoms with E-state index in [1.54, 1.807) is 20.3 Å². The van der Waals surface area contributed by atoms with Gasteiger partial charge in [-0.05, 0) is 61.2 Å². The zero-order valence-corrected chi connectivity index (χ0v) is 20.1. The fraction of sp³-hybridized carbons (Fsp3) is 0.385. The Balaban J connectivity index is 2.17. The SMILES string of the molecule is COCCCN1C(=O)C(=O)/C(=C(/O)c2cc(C)c(OC)cc2C)C1c1ccc(N(C)C)cc1. The first kappa shape index (κ1) is 24.3. The summed E-state index contributed by atoms with van der Waals surface area (Å²) in [5, 5.41) is 11.3. The first-order chi connectivity index (χ1) is 15.7. The molecule has 1 saturated heterocycles. The predicted octanol–water partition coefficient (Wildman–Crippen LogP) is 3.84. The summed E-state index contributed by atoms with van der Waals surface area (Å²) < 4.78 is 10.5. The van der Waals surface area contributed by atoms with E-state index in [-0.39, 0.29) is 11.3 Å². The van der Waals surface area contributed by atoms with Crippen LogP contribution in [-0.2, 0) is 14.3 Å². The van der Waals surface area contributed by atoms with Crippen LogP contribution in [0.4, 0.5) is 5.69 Å². The number of nitrogens with zero attached hydrogens (tertiary/aromatic N) is 2. The third-order valence-corrected chi connectivity index (χ3v) is 6.01. The number of aryl methyl sites for hydroxylation is 2. The molecule has 176 valence electrons. The molecule has 1 amide bonds. The summed E-state index contributed by atoms with van der Waals surface area (Å²) in [5.41, 5.74) is 3.95. The van der Waals surface area contributed by atoms with E-state index in [0.717, 1.165) is 22.4 Å². The summed E-state index contributed by atoms with van der Waals surface area (Å²) in [5.74, 6) is -0.774. The molecule has 2 aromatic rings. The number of carbonyl (C=O) groups excluding carboxylic acids is 2. The molecule has 0 bridgehead atoms. The molecule has 0 spiro atoms. The van der Waals surface area contributed by atoms with Crippen molar-refractivity contribution in [1.29, 1.82) is 0 Å². The molecule has 1 heterocycles. The molecular weight excluding hydrogens is 420 g/mol. The van der Waals surface area contributed by atoms with Gasteiger partial charge in [-0.3, -0.25) is 9.59 Å². The number of rotatable bonds is 8. The Morgan fingerprint density at radius 1 is 1.06 bits per heavy atom. The summed E-state index contributed by atoms with van der Waals surface area (Å²) in [7, 11) is 7.08. The van der Waals surface area contributed by atoms with Crippen LogP contribution in [0.15, 0.2) is 42.0 Å². The molecule has 1 fully saturated rings. The monoisotopic (exact) mass is 452 g/mol. The number of hydrogen-bond donors (Lipinski definition) is 1. The van der Waals surface area contributed by atoms with Gasteiger partial charge in [0.2, 0.25) is 0 Å². The zero-order valence-electron chi connectivity index (χ0n) is 20.1. The third-order valence-electron chi connectivity index (χ3n) is 6.01. The largest absolute Gasteiger partial charge is 0.507 e. The molecule has 0 radical (unpaired) electrons. The second-order valence-corrected chi connectivity index (χ2v) is 8.46. The van der Waals surface area contributed by atoms with Gasteiger partial charge in [-0.2, -0.15) is 0 Å². The van der Waals surface area contributed by atoms with Crippen molar-refractivity contribution < 1.29 is 24.2 Å². The highest BCUT2D eigenvalue weighted by molar-refractivity contribution is 6.46. The van der Waals surface area contributed by atoms with Crippen molar-refractivity contribution in [3.05, 3.63) is 64.2 Å². The first-order valence-corrected chi connectivity index (χ1v) is 10.9. The van der Waals surface area contributed by atoms with E-state index < -0.39 is 17.7 Å². The molecule has 33 heavy (non-hydrogen) atoms. The molecule has 1 aliphatic rings. The molecule has 0 aromatic heterocycles. The van der Waals surface area contributed by atoms with E-state index in [1.165, 1.54) is 4.90 Å². The number of aliphatic hydroxyl groups is 1. The number of benzene rings is 2. The fourth-order valence-electron chi connectivity index (χ4n) is 4.20. The number of methoxy groups -OCH3 is 2. The van der Waals surface area contributed by atoms with Crippen molar-refractivity contribution in [2.75, 3.05) is 46.4 Å². The minimum Gasteiger partial charge on any atom is -0.507 e. The Kier molecular flexibility index (Phi) is 7.43. The van der Waals surface area contributed by atoms with E-state index in [1.807, 2.05) is 63.2 Å². The van der Waals surface area contributed by atoms with Crippen molar-refractivity contribution in [1.82, 2.24) is 4.90 Å². The first-order valence-electron chi connectivity index (χ1n) is 10.9. The van der Waals surface area contributed by atoms with Gasteiger partial charge in [0.25, 0.3) is 11.7 Å². The molecule has 0 saturated carbocycles. The number of ether oxygens (including phenoxy) is 2. The highest BCUT2D eigenvalue weighted by atomic mass is 16.5. The molecule has 0 aliphatic carbocycles. The predicted molar refractivity (Wildman–Crippen MR) is 129 cm³/mol. The summed E-state index contributed by atoms with van der Waals surface area (Å²) >= 11 is 0. The van der Waals surface area contributed by atoms with Gasteiger partial charge in [0, 0.05) is 45.6 Å². The number of anilines is 1. The van der Waals surface area contributed by atoms with Crippen molar-refractivity contribution in [3.63, 3.8) is 0 Å². The number of amides is 1. The summed E-state index contributed by atoms with van der Waals surface area (Å²) in [6.45, 7) is 4.52. The van der Waals surface area contributed by atoms with E-state index in [4.69, 9.17) is 9.47 Å². The highest BCUT2D eigenvalue weighted by Gasteiger charge is 2.45. The average molecular weight is 453 g/mol. The van der Waals surface area contributed by atoms with Crippen LogP contribution < -0.4 is 9.64 Å². The lowest BCUT2D eigenvalue weighted by molar-refractivity contribution is -0.140. The van der Waals surface area contributed by atoms with Crippen LogP contribution in [-0.4, -0.2) is 63.2 Å². The van der Waals surface area contributed by atoms with E-state index in [0.29, 0.717) is 30.9 Å². The van der Waals surface area contributed by atoms with Gasteiger partial charge in [0.15, 0.2) is 0 Å². The summed E-state index contributed by atoms with van der Waals surface area (Å²) in [6, 6.07) is 10.6. The zero-order chi connectivity index (χ0) is 24.3. The van der Waals surface area contributed by atoms with E-state index in [9.17, 15) is 14.7 Å². The van der Waals surface area contributed by atoms with Crippen molar-refractivity contribution in [2.45, 2.75) is 26.3 Å². The van der Waals surface area contributed by atoms with Gasteiger partial charge in [-0.15, -0.1) is 0 Å². The highest BCUT2D eigenvalue weighted by Crippen LogP contribution is 2.41. The minimum absolute atomic E-state index is 0.0997. The average Bonchev–Trinajstić information content (AvgIpc) is 3.05. The van der Waals surface area contributed by atoms with Crippen LogP contribution in [0.1, 0.15) is 34.7 Å². The van der Waals surface area contributed by atoms with Gasteiger partial charge in [0.1, 0.15) is 11.5 Å². The quantitative estimate of drug-likeness (QED) is 0.284. The normalized spacial score (nSPS) is 17.5. The number of ketones is 1. The Bertz CT molecular complexity index is 1070. The van der Waals surface area contributed by atoms with Crippen molar-refractivity contribution in [2.24, 2.45) is 0 Å². The molecular formula is C26H32N2O5. The standard InChI is InChI=1S/C26H32N2O5/c1-16-15-21(33-6)17(2)14-20(16)24(29)22-23(18-8-10-19(11-9-18)27(3)4)28(12-7-13-32-5)26(31)25(22)30/h8-11,14-15,23,29H,7,12-13H2,1-6H3/b24-22+. The Labute approximate surface area is 195 Å². The third kappa shape index (κ3) is 4.73. The second-order valence-electron chi connectivity index (χ2n) is 8.46. The maximum absolute atomic E-state index is 13.2. The minimum atomic E-state index is -0.681. The Morgan fingerprint density at radius 2 is 1.73 bits per heavy atom. The second kappa shape index (κ2) is 10.1. The Hall–Kier alpha value is -3.32. The van der Waals surface area contributed by atoms with Crippen molar-refractivity contribution >= 4 is 23.1 Å². The van der Waals surface area contributed by atoms with Crippen LogP contribution in [0, 0.1) is 13.8 Å². The lowest BCUT2D eigenvalue weighted by Gasteiger charge is -2.26. The van der Waals surface area contributed by atoms with Crippen molar-refractivity contribution in [3.8, 4) is 5.75 Å². The Morgan fingerprint density at radius 3 is 2.30 bits per heavy atom. The number of Topliss-reactive ketones (excluding diaryl/α,β-unsaturated/α-hetero) is 1. The van der Waals surface area contributed by atoms with Crippen LogP contribution in [0.2, 0.25) is 0 Å². The lowest BCUT2D eigenvalue weighted by Crippen LogP contribution is -2.31. The molecule has 1 aliphatic heterocycles. The van der Waals surface area contributed by atoms with Crippen LogP contribution in [0.25, 0.3) is 5.76 Å². The maximum Gasteiger partial charge on any atom is 0.295 e. The molecule has 1 atom stereocenters. The van der Waals surface area contributed by atoms with E-state index in [2.05, 4.69) is 0 Å². The van der Waals surface area contributed by atoms with Gasteiger partial charge < -0.3 is 24.4 Å². The molecule has 2 aromatic carbocycles. The molecule has 1 unspecified atom stereocenters. The summed E-state index contributed by atoms with van der Waals surface area (Å²) in [4.78, 5) is 29.7. The van der Waals surface area contributed by atoms with Crippen LogP contribution in [0.5, 0.6) is 5.75 Å². The van der Waals surface area contributed by atoms with Crippen LogP contribution >= 0.6 is 0 Å². The number of likely N-dealkylation sites (tertiary alicyclic amines) is 1. The lowest BCUT2D eigenvalue weighted by atomic mass is 9.93. The number of hydrogen-bond acceptors (Lipinski definition) is 6. The van der Waals surface area contributed by atoms with Gasteiger partial charge >= 0.3 is 0 Å². The molecule has 3 rings (SSSR count).